The van der Waals surface area contributed by atoms with Gasteiger partial charge in [-0.05, 0) is 11.8 Å². The van der Waals surface area contributed by atoms with E-state index in [-0.39, 0.29) is 11.9 Å². The molecule has 0 heterocycles. The van der Waals surface area contributed by atoms with Gasteiger partial charge in [0.25, 0.3) is 0 Å². The summed E-state index contributed by atoms with van der Waals surface area (Å²) >= 11 is 1.78. The van der Waals surface area contributed by atoms with Crippen molar-refractivity contribution in [2.24, 2.45) is 0 Å². The van der Waals surface area contributed by atoms with Crippen molar-refractivity contribution in [2.45, 2.75) is 5.92 Å². The van der Waals surface area contributed by atoms with Crippen LogP contribution in [0.25, 0.3) is 0 Å². The maximum Gasteiger partial charge on any atom is 0.314 e. The average molecular weight is 253 g/mol. The van der Waals surface area contributed by atoms with Crippen LogP contribution in [0.3, 0.4) is 0 Å². The van der Waals surface area contributed by atoms with Gasteiger partial charge in [-0.2, -0.15) is 11.8 Å². The third-order valence-electron chi connectivity index (χ3n) is 2.52. The Bertz CT molecular complexity index is 329. The fraction of sp³-hybridized carbons (Fsp3) is 0.462. The first-order valence-corrected chi connectivity index (χ1v) is 7.01. The van der Waals surface area contributed by atoms with E-state index in [1.165, 1.54) is 7.11 Å². The average Bonchev–Trinajstić information content (AvgIpc) is 2.39. The van der Waals surface area contributed by atoms with Gasteiger partial charge in [0, 0.05) is 18.8 Å². The number of ether oxygens (including phenoxy) is 1. The molecule has 0 saturated carbocycles. The van der Waals surface area contributed by atoms with Crippen LogP contribution in [0.2, 0.25) is 0 Å². The van der Waals surface area contributed by atoms with Gasteiger partial charge in [-0.1, -0.05) is 30.3 Å². The van der Waals surface area contributed by atoms with E-state index in [0.29, 0.717) is 6.54 Å². The molecule has 1 aromatic rings. The number of methoxy groups -OCH3 is 1. The third-order valence-corrected chi connectivity index (χ3v) is 3.13. The number of rotatable bonds is 7. The van der Waals surface area contributed by atoms with Gasteiger partial charge in [0.1, 0.15) is 0 Å². The highest BCUT2D eigenvalue weighted by molar-refractivity contribution is 7.98. The van der Waals surface area contributed by atoms with Gasteiger partial charge in [-0.3, -0.25) is 4.79 Å². The molecule has 4 heteroatoms. The minimum atomic E-state index is -0.219. The van der Waals surface area contributed by atoms with Gasteiger partial charge in [0.15, 0.2) is 0 Å². The molecule has 0 amide bonds. The van der Waals surface area contributed by atoms with Crippen LogP contribution in [-0.2, 0) is 9.53 Å². The van der Waals surface area contributed by atoms with E-state index in [1.807, 2.05) is 30.3 Å². The highest BCUT2D eigenvalue weighted by Gasteiger charge is 2.20. The summed E-state index contributed by atoms with van der Waals surface area (Å²) in [5, 5.41) is 3.28. The topological polar surface area (TPSA) is 38.3 Å². The van der Waals surface area contributed by atoms with Crippen LogP contribution >= 0.6 is 11.8 Å². The molecule has 1 aromatic carbocycles. The van der Waals surface area contributed by atoms with Crippen LogP contribution in [0.4, 0.5) is 0 Å². The van der Waals surface area contributed by atoms with E-state index in [4.69, 9.17) is 4.74 Å². The number of hydrogen-bond donors (Lipinski definition) is 1. The van der Waals surface area contributed by atoms with Gasteiger partial charge < -0.3 is 10.1 Å². The van der Waals surface area contributed by atoms with Crippen molar-refractivity contribution in [3.8, 4) is 0 Å². The molecule has 1 unspecified atom stereocenters. The fourth-order valence-corrected chi connectivity index (χ4v) is 1.93. The molecule has 0 aliphatic heterocycles. The second-order valence-electron chi connectivity index (χ2n) is 3.68. The summed E-state index contributed by atoms with van der Waals surface area (Å²) in [5.74, 6) is 0.638. The summed E-state index contributed by atoms with van der Waals surface area (Å²) in [6.07, 6.45) is 2.07. The van der Waals surface area contributed by atoms with Crippen LogP contribution in [0.15, 0.2) is 30.3 Å². The largest absolute Gasteiger partial charge is 0.469 e. The van der Waals surface area contributed by atoms with Gasteiger partial charge in [0.05, 0.1) is 13.0 Å². The molecular weight excluding hydrogens is 234 g/mol. The Balaban J connectivity index is 2.59. The molecule has 0 spiro atoms. The first kappa shape index (κ1) is 14.1. The van der Waals surface area contributed by atoms with Gasteiger partial charge in [-0.15, -0.1) is 0 Å². The van der Waals surface area contributed by atoms with Crippen LogP contribution in [0, 0.1) is 0 Å². The number of thioether (sulfide) groups is 1. The molecule has 0 aliphatic carbocycles. The maximum atomic E-state index is 11.7. The van der Waals surface area contributed by atoms with E-state index >= 15 is 0 Å². The number of hydrogen-bond acceptors (Lipinski definition) is 4. The Morgan fingerprint density at radius 3 is 2.71 bits per heavy atom. The molecule has 0 bridgehead atoms. The molecule has 1 atom stereocenters. The Kier molecular flexibility index (Phi) is 6.74. The summed E-state index contributed by atoms with van der Waals surface area (Å²) in [6.45, 7) is 1.53. The molecule has 0 aliphatic rings. The van der Waals surface area contributed by atoms with Gasteiger partial charge >= 0.3 is 5.97 Å². The smallest absolute Gasteiger partial charge is 0.314 e. The second kappa shape index (κ2) is 8.14. The van der Waals surface area contributed by atoms with E-state index < -0.39 is 0 Å². The lowest BCUT2D eigenvalue weighted by Gasteiger charge is -2.15. The zero-order valence-corrected chi connectivity index (χ0v) is 11.1. The summed E-state index contributed by atoms with van der Waals surface area (Å²) in [5.41, 5.74) is 0.996. The molecule has 17 heavy (non-hydrogen) atoms. The first-order valence-electron chi connectivity index (χ1n) is 5.62. The van der Waals surface area contributed by atoms with Crippen molar-refractivity contribution in [2.75, 3.05) is 32.2 Å². The molecule has 1 N–H and O–H groups in total. The molecular formula is C13H19NO2S. The number of carbonyl (C=O) groups is 1. The lowest BCUT2D eigenvalue weighted by atomic mass is 9.99. The Hall–Kier alpha value is -1.00. The first-order chi connectivity index (χ1) is 8.29. The SMILES string of the molecule is COC(=O)C(CNCCSC)c1ccccc1. The zero-order valence-electron chi connectivity index (χ0n) is 10.3. The quantitative estimate of drug-likeness (QED) is 0.595. The zero-order chi connectivity index (χ0) is 12.5. The lowest BCUT2D eigenvalue weighted by Crippen LogP contribution is -2.29. The minimum absolute atomic E-state index is 0.187. The van der Waals surface area contributed by atoms with Crippen molar-refractivity contribution in [1.82, 2.24) is 5.32 Å². The highest BCUT2D eigenvalue weighted by atomic mass is 32.2. The summed E-state index contributed by atoms with van der Waals surface area (Å²) in [4.78, 5) is 11.7. The third kappa shape index (κ3) is 4.79. The van der Waals surface area contributed by atoms with Crippen LogP contribution in [0.1, 0.15) is 11.5 Å². The van der Waals surface area contributed by atoms with E-state index in [0.717, 1.165) is 17.9 Å². The molecule has 94 valence electrons. The van der Waals surface area contributed by atoms with Crippen molar-refractivity contribution >= 4 is 17.7 Å². The van der Waals surface area contributed by atoms with E-state index in [2.05, 4.69) is 11.6 Å². The molecule has 0 radical (unpaired) electrons. The predicted octanol–water partition coefficient (Wildman–Crippen LogP) is 1.90. The number of benzene rings is 1. The van der Waals surface area contributed by atoms with Crippen LogP contribution < -0.4 is 5.32 Å². The van der Waals surface area contributed by atoms with E-state index in [9.17, 15) is 4.79 Å². The van der Waals surface area contributed by atoms with Gasteiger partial charge in [-0.25, -0.2) is 0 Å². The van der Waals surface area contributed by atoms with Crippen molar-refractivity contribution in [3.63, 3.8) is 0 Å². The second-order valence-corrected chi connectivity index (χ2v) is 4.67. The predicted molar refractivity (Wildman–Crippen MR) is 72.5 cm³/mol. The number of carbonyl (C=O) groups excluding carboxylic acids is 1. The summed E-state index contributed by atoms with van der Waals surface area (Å²) in [7, 11) is 1.43. The molecule has 0 fully saturated rings. The standard InChI is InChI=1S/C13H19NO2S/c1-16-13(15)12(10-14-8-9-17-2)11-6-4-3-5-7-11/h3-7,12,14H,8-10H2,1-2H3. The van der Waals surface area contributed by atoms with Crippen molar-refractivity contribution in [3.05, 3.63) is 35.9 Å². The fourth-order valence-electron chi connectivity index (χ4n) is 1.59. The summed E-state index contributed by atoms with van der Waals surface area (Å²) in [6, 6.07) is 9.73. The van der Waals surface area contributed by atoms with Crippen molar-refractivity contribution < 1.29 is 9.53 Å². The Labute approximate surface area is 107 Å². The Morgan fingerprint density at radius 2 is 2.12 bits per heavy atom. The molecule has 1 rings (SSSR count). The van der Waals surface area contributed by atoms with Crippen LogP contribution in [0.5, 0.6) is 0 Å². The van der Waals surface area contributed by atoms with Crippen molar-refractivity contribution in [1.29, 1.82) is 0 Å². The minimum Gasteiger partial charge on any atom is -0.469 e. The lowest BCUT2D eigenvalue weighted by molar-refractivity contribution is -0.142. The Morgan fingerprint density at radius 1 is 1.41 bits per heavy atom. The van der Waals surface area contributed by atoms with Gasteiger partial charge in [0.2, 0.25) is 0 Å². The maximum absolute atomic E-state index is 11.7. The molecule has 0 aromatic heterocycles. The number of esters is 1. The monoisotopic (exact) mass is 253 g/mol. The van der Waals surface area contributed by atoms with Crippen LogP contribution in [-0.4, -0.2) is 38.2 Å². The molecule has 0 saturated heterocycles. The summed E-state index contributed by atoms with van der Waals surface area (Å²) < 4.78 is 4.84. The number of nitrogens with one attached hydrogen (secondary N) is 1. The highest BCUT2D eigenvalue weighted by Crippen LogP contribution is 2.16. The van der Waals surface area contributed by atoms with E-state index in [1.54, 1.807) is 11.8 Å². The normalized spacial score (nSPS) is 12.1. The molecule has 3 nitrogen and oxygen atoms in total.